The van der Waals surface area contributed by atoms with Crippen molar-refractivity contribution in [1.29, 1.82) is 0 Å². The van der Waals surface area contributed by atoms with Gasteiger partial charge in [-0.2, -0.15) is 16.1 Å². The molecule has 3 heterocycles. The molecule has 2 aliphatic rings. The van der Waals surface area contributed by atoms with Crippen LogP contribution in [0.25, 0.3) is 10.8 Å². The predicted molar refractivity (Wildman–Crippen MR) is 179 cm³/mol. The molecule has 1 atom stereocenters. The minimum absolute atomic E-state index is 0. The predicted octanol–water partition coefficient (Wildman–Crippen LogP) is 3.90. The topological polar surface area (TPSA) is 106 Å². The van der Waals surface area contributed by atoms with Gasteiger partial charge in [0.05, 0.1) is 11.4 Å². The summed E-state index contributed by atoms with van der Waals surface area (Å²) >= 11 is 7.80. The number of nitrogens with one attached hydrogen (secondary N) is 1. The van der Waals surface area contributed by atoms with Crippen molar-refractivity contribution >= 4 is 74.1 Å². The number of halogens is 2. The lowest BCUT2D eigenvalue weighted by Gasteiger charge is -2.48. The molecule has 0 aliphatic carbocycles. The Morgan fingerprint density at radius 1 is 1.09 bits per heavy atom. The van der Waals surface area contributed by atoms with E-state index >= 15 is 0 Å². The number of anilines is 1. The third-order valence-corrected chi connectivity index (χ3v) is 11.0. The minimum atomic E-state index is -4.07. The molecule has 0 bridgehead atoms. The zero-order valence-corrected chi connectivity index (χ0v) is 28.0. The van der Waals surface area contributed by atoms with E-state index in [1.165, 1.54) is 11.1 Å². The van der Waals surface area contributed by atoms with Crippen LogP contribution in [0, 0.1) is 0 Å². The summed E-state index contributed by atoms with van der Waals surface area (Å²) < 4.78 is 28.8. The summed E-state index contributed by atoms with van der Waals surface area (Å²) in [6, 6.07) is 13.0. The van der Waals surface area contributed by atoms with Crippen molar-refractivity contribution in [2.45, 2.75) is 36.7 Å². The number of amides is 2. The highest BCUT2D eigenvalue weighted by atomic mass is 35.5. The molecule has 0 spiro atoms. The van der Waals surface area contributed by atoms with Gasteiger partial charge in [0.25, 0.3) is 5.91 Å². The number of carbonyl (C=O) groups excluding carboxylic acids is 2. The molecule has 2 aliphatic heterocycles. The van der Waals surface area contributed by atoms with E-state index in [0.29, 0.717) is 11.6 Å². The number of hydrogen-bond acceptors (Lipinski definition) is 8. The molecule has 44 heavy (non-hydrogen) atoms. The first-order valence-electron chi connectivity index (χ1n) is 14.4. The highest BCUT2D eigenvalue weighted by Crippen LogP contribution is 2.29. The lowest BCUT2D eigenvalue weighted by atomic mass is 10.0. The Morgan fingerprint density at radius 2 is 1.77 bits per heavy atom. The second-order valence-electron chi connectivity index (χ2n) is 10.7. The monoisotopic (exact) mass is 680 g/mol. The second kappa shape index (κ2) is 15.1. The molecule has 1 aromatic heterocycles. The van der Waals surface area contributed by atoms with Gasteiger partial charge in [-0.25, -0.2) is 13.4 Å². The van der Waals surface area contributed by atoms with Crippen LogP contribution >= 0.6 is 35.8 Å². The summed E-state index contributed by atoms with van der Waals surface area (Å²) in [5.41, 5.74) is 1.10. The van der Waals surface area contributed by atoms with Gasteiger partial charge in [0.1, 0.15) is 6.04 Å². The van der Waals surface area contributed by atoms with Crippen molar-refractivity contribution in [1.82, 2.24) is 24.6 Å². The lowest BCUT2D eigenvalue weighted by Crippen LogP contribution is -2.68. The van der Waals surface area contributed by atoms with Crippen molar-refractivity contribution < 1.29 is 18.0 Å². The van der Waals surface area contributed by atoms with Crippen LogP contribution in [0.3, 0.4) is 0 Å². The molecule has 2 fully saturated rings. The van der Waals surface area contributed by atoms with Crippen LogP contribution in [0.2, 0.25) is 5.02 Å². The molecule has 5 rings (SSSR count). The average molecular weight is 682 g/mol. The first-order chi connectivity index (χ1) is 20.7. The van der Waals surface area contributed by atoms with E-state index in [2.05, 4.69) is 15.2 Å². The first-order valence-corrected chi connectivity index (χ1v) is 17.4. The van der Waals surface area contributed by atoms with Crippen molar-refractivity contribution in [3.05, 3.63) is 65.9 Å². The molecular formula is C30H38Cl2N6O4S2. The lowest BCUT2D eigenvalue weighted by molar-refractivity contribution is -0.170. The Balaban J connectivity index is 0.00000442. The number of sulfonamides is 1. The summed E-state index contributed by atoms with van der Waals surface area (Å²) in [4.78, 5) is 33.8. The van der Waals surface area contributed by atoms with Gasteiger partial charge in [0.15, 0.2) is 0 Å². The number of fused-ring (bicyclic) bond motifs is 1. The van der Waals surface area contributed by atoms with Gasteiger partial charge >= 0.3 is 0 Å². The molecule has 238 valence electrons. The number of pyridine rings is 1. The van der Waals surface area contributed by atoms with Crippen molar-refractivity contribution in [2.75, 3.05) is 56.2 Å². The molecule has 3 aromatic rings. The van der Waals surface area contributed by atoms with E-state index in [-0.39, 0.29) is 42.3 Å². The maximum absolute atomic E-state index is 13.8. The Labute approximate surface area is 274 Å². The normalized spacial score (nSPS) is 18.5. The number of rotatable bonds is 10. The third kappa shape index (κ3) is 7.60. The van der Waals surface area contributed by atoms with Gasteiger partial charge in [-0.3, -0.25) is 19.6 Å². The van der Waals surface area contributed by atoms with Gasteiger partial charge in [0, 0.05) is 68.1 Å². The Hall–Kier alpha value is -2.61. The zero-order chi connectivity index (χ0) is 30.6. The molecule has 0 saturated carbocycles. The number of piperazine rings is 1. The van der Waals surface area contributed by atoms with E-state index in [4.69, 9.17) is 11.6 Å². The summed E-state index contributed by atoms with van der Waals surface area (Å²) in [5.74, 6) is 0.869. The van der Waals surface area contributed by atoms with E-state index in [9.17, 15) is 18.0 Å². The summed E-state index contributed by atoms with van der Waals surface area (Å²) in [7, 11) is -2.24. The second-order valence-corrected chi connectivity index (χ2v) is 14.5. The summed E-state index contributed by atoms with van der Waals surface area (Å²) in [5, 5.41) is 8.38. The van der Waals surface area contributed by atoms with Crippen LogP contribution in [-0.4, -0.2) is 103 Å². The van der Waals surface area contributed by atoms with E-state index in [1.807, 2.05) is 31.1 Å². The number of benzene rings is 2. The number of piperidine rings is 1. The van der Waals surface area contributed by atoms with Gasteiger partial charge in [0.2, 0.25) is 15.9 Å². The number of hydrogen-bond donors (Lipinski definition) is 1. The maximum atomic E-state index is 13.8. The zero-order valence-electron chi connectivity index (χ0n) is 24.8. The van der Waals surface area contributed by atoms with Crippen LogP contribution < -0.4 is 10.2 Å². The van der Waals surface area contributed by atoms with Crippen LogP contribution in [0.4, 0.5) is 5.69 Å². The average Bonchev–Trinajstić information content (AvgIpc) is 3.02. The summed E-state index contributed by atoms with van der Waals surface area (Å²) in [6.07, 6.45) is 5.12. The van der Waals surface area contributed by atoms with E-state index in [0.717, 1.165) is 58.2 Å². The van der Waals surface area contributed by atoms with Gasteiger partial charge < -0.3 is 10.2 Å². The molecule has 1 unspecified atom stereocenters. The number of nitrogens with zero attached hydrogens (tertiary/aromatic N) is 5. The Kier molecular flexibility index (Phi) is 11.8. The molecule has 2 saturated heterocycles. The molecular weight excluding hydrogens is 643 g/mol. The minimum Gasteiger partial charge on any atom is -0.371 e. The molecule has 14 heteroatoms. The van der Waals surface area contributed by atoms with Crippen molar-refractivity contribution in [3.8, 4) is 0 Å². The SMILES string of the molecule is CCSCCNC(=O)C1CN(S(=O)(=O)c2ccc3cc(Cl)ccc3c2)CC(=O)N1N(C)C1CCN(c2ccncc2)CC1.Cl. The van der Waals surface area contributed by atoms with Crippen molar-refractivity contribution in [2.24, 2.45) is 0 Å². The molecule has 1 N–H and O–H groups in total. The standard InChI is InChI=1S/C30H37ClN6O4S2.ClH/c1-3-42-17-14-33-30(39)28-20-36(43(40,41)27-7-5-22-18-24(31)6-4-23(22)19-27)21-29(38)37(28)34(2)25-10-15-35(16-11-25)26-8-12-32-13-9-26;/h4-9,12-13,18-19,25,28H,3,10-11,14-17,20-21H2,1-2H3,(H,33,39);1H. The fourth-order valence-corrected chi connectivity index (χ4v) is 7.89. The van der Waals surface area contributed by atoms with Gasteiger partial charge in [-0.05, 0) is 65.8 Å². The Bertz CT molecular complexity index is 1560. The number of carbonyl (C=O) groups is 2. The fraction of sp³-hybridized carbons (Fsp3) is 0.433. The van der Waals surface area contributed by atoms with Gasteiger partial charge in [-0.15, -0.1) is 12.4 Å². The fourth-order valence-electron chi connectivity index (χ4n) is 5.75. The molecule has 2 amide bonds. The first kappa shape index (κ1) is 34.3. The number of thioether (sulfide) groups is 1. The molecule has 10 nitrogen and oxygen atoms in total. The number of aromatic nitrogens is 1. The Morgan fingerprint density at radius 3 is 2.48 bits per heavy atom. The van der Waals surface area contributed by atoms with Crippen LogP contribution in [-0.2, 0) is 19.6 Å². The quantitative estimate of drug-likeness (QED) is 0.322. The van der Waals surface area contributed by atoms with Crippen LogP contribution in [0.5, 0.6) is 0 Å². The smallest absolute Gasteiger partial charge is 0.252 e. The van der Waals surface area contributed by atoms with Crippen LogP contribution in [0.1, 0.15) is 19.8 Å². The highest BCUT2D eigenvalue weighted by molar-refractivity contribution is 7.99. The van der Waals surface area contributed by atoms with E-state index < -0.39 is 22.0 Å². The highest BCUT2D eigenvalue weighted by Gasteiger charge is 2.45. The molecule has 0 radical (unpaired) electrons. The third-order valence-electron chi connectivity index (χ3n) is 8.06. The number of hydrazine groups is 1. The maximum Gasteiger partial charge on any atom is 0.252 e. The van der Waals surface area contributed by atoms with E-state index in [1.54, 1.807) is 54.5 Å². The molecule has 2 aromatic carbocycles. The van der Waals surface area contributed by atoms with Crippen molar-refractivity contribution in [3.63, 3.8) is 0 Å². The largest absolute Gasteiger partial charge is 0.371 e. The van der Waals surface area contributed by atoms with Gasteiger partial charge in [-0.1, -0.05) is 30.7 Å². The summed E-state index contributed by atoms with van der Waals surface area (Å²) in [6.45, 7) is 3.58. The van der Waals surface area contributed by atoms with Crippen LogP contribution in [0.15, 0.2) is 65.8 Å².